The number of rotatable bonds is 19. The van der Waals surface area contributed by atoms with Gasteiger partial charge in [-0.05, 0) is 25.7 Å². The van der Waals surface area contributed by atoms with Crippen LogP contribution in [-0.2, 0) is 10.1 Å². The Morgan fingerprint density at radius 2 is 0.962 bits per heavy atom. The van der Waals surface area contributed by atoms with Crippen molar-refractivity contribution in [1.29, 1.82) is 0 Å². The molecule has 0 radical (unpaired) electrons. The van der Waals surface area contributed by atoms with Gasteiger partial charge in [-0.3, -0.25) is 4.55 Å². The van der Waals surface area contributed by atoms with Gasteiger partial charge in [0, 0.05) is 0 Å². The molecule has 0 aromatic rings. The fourth-order valence-electron chi connectivity index (χ4n) is 3.45. The second-order valence-corrected chi connectivity index (χ2v) is 9.53. The number of aliphatic hydroxyl groups is 1. The van der Waals surface area contributed by atoms with Crippen LogP contribution >= 0.6 is 0 Å². The highest BCUT2D eigenvalue weighted by Gasteiger charge is 2.21. The predicted molar refractivity (Wildman–Crippen MR) is 111 cm³/mol. The summed E-state index contributed by atoms with van der Waals surface area (Å²) in [7, 11) is -3.88. The normalized spacial score (nSPS) is 14.5. The Morgan fingerprint density at radius 1 is 0.615 bits per heavy atom. The number of hydrogen-bond donors (Lipinski definition) is 2. The molecule has 0 aromatic heterocycles. The molecule has 0 saturated carbocycles. The molecule has 5 heteroatoms. The third-order valence-corrected chi connectivity index (χ3v) is 6.57. The first-order chi connectivity index (χ1) is 12.4. The molecular formula is C21H44O4S. The summed E-state index contributed by atoms with van der Waals surface area (Å²) in [5.41, 5.74) is 0. The maximum Gasteiger partial charge on any atom is 0.267 e. The lowest BCUT2D eigenvalue weighted by molar-refractivity contribution is 0.148. The summed E-state index contributed by atoms with van der Waals surface area (Å²) in [5.74, 6) is 0. The fraction of sp³-hybridized carbons (Fsp3) is 1.00. The zero-order valence-corrected chi connectivity index (χ0v) is 18.1. The van der Waals surface area contributed by atoms with E-state index < -0.39 is 15.4 Å². The van der Waals surface area contributed by atoms with Crippen molar-refractivity contribution in [1.82, 2.24) is 0 Å². The highest BCUT2D eigenvalue weighted by atomic mass is 32.2. The van der Waals surface area contributed by atoms with E-state index in [4.69, 9.17) is 0 Å². The number of aliphatic hydroxyl groups excluding tert-OH is 1. The van der Waals surface area contributed by atoms with Gasteiger partial charge in [0.05, 0.1) is 11.4 Å². The molecule has 0 aliphatic rings. The Hall–Kier alpha value is -0.130. The first-order valence-electron chi connectivity index (χ1n) is 11.1. The van der Waals surface area contributed by atoms with Gasteiger partial charge in [0.15, 0.2) is 0 Å². The molecule has 2 unspecified atom stereocenters. The van der Waals surface area contributed by atoms with Gasteiger partial charge in [0.2, 0.25) is 0 Å². The smallest absolute Gasteiger partial charge is 0.267 e. The molecule has 0 spiro atoms. The van der Waals surface area contributed by atoms with Gasteiger partial charge in [-0.25, -0.2) is 0 Å². The van der Waals surface area contributed by atoms with Crippen LogP contribution in [0.4, 0.5) is 0 Å². The minimum absolute atomic E-state index is 0.0983. The predicted octanol–water partition coefficient (Wildman–Crippen LogP) is 6.28. The average Bonchev–Trinajstić information content (AvgIpc) is 2.59. The molecule has 158 valence electrons. The van der Waals surface area contributed by atoms with E-state index in [1.807, 2.05) is 6.92 Å². The second-order valence-electron chi connectivity index (χ2n) is 7.83. The first-order valence-corrected chi connectivity index (χ1v) is 12.6. The van der Waals surface area contributed by atoms with Crippen LogP contribution in [0.5, 0.6) is 0 Å². The van der Waals surface area contributed by atoms with Crippen LogP contribution in [0, 0.1) is 0 Å². The van der Waals surface area contributed by atoms with Crippen molar-refractivity contribution in [3.63, 3.8) is 0 Å². The van der Waals surface area contributed by atoms with Gasteiger partial charge < -0.3 is 5.11 Å². The summed E-state index contributed by atoms with van der Waals surface area (Å²) in [4.78, 5) is 0. The minimum Gasteiger partial charge on any atom is -0.393 e. The lowest BCUT2D eigenvalue weighted by Crippen LogP contribution is -2.20. The van der Waals surface area contributed by atoms with Gasteiger partial charge in [-0.1, -0.05) is 97.3 Å². The zero-order chi connectivity index (χ0) is 19.7. The monoisotopic (exact) mass is 392 g/mol. The molecule has 2 atom stereocenters. The second kappa shape index (κ2) is 17.0. The maximum absolute atomic E-state index is 11.4. The minimum atomic E-state index is -3.88. The van der Waals surface area contributed by atoms with Gasteiger partial charge in [0.1, 0.15) is 0 Å². The van der Waals surface area contributed by atoms with Crippen molar-refractivity contribution in [3.05, 3.63) is 0 Å². The van der Waals surface area contributed by atoms with Crippen molar-refractivity contribution in [2.45, 2.75) is 134 Å². The number of hydrogen-bond acceptors (Lipinski definition) is 3. The Kier molecular flexibility index (Phi) is 16.9. The molecule has 0 amide bonds. The standard InChI is InChI=1S/C21H44O4S/c1-3-5-16-20(22)17-14-12-10-8-7-9-11-13-15-19-21(18-6-4-2)26(23,24)25/h20-22H,3-19H2,1-2H3,(H,23,24,25). The van der Waals surface area contributed by atoms with Crippen LogP contribution in [-0.4, -0.2) is 29.4 Å². The van der Waals surface area contributed by atoms with Gasteiger partial charge in [-0.15, -0.1) is 0 Å². The van der Waals surface area contributed by atoms with Crippen LogP contribution in [0.15, 0.2) is 0 Å². The van der Waals surface area contributed by atoms with E-state index in [9.17, 15) is 18.1 Å². The van der Waals surface area contributed by atoms with Crippen molar-refractivity contribution >= 4 is 10.1 Å². The maximum atomic E-state index is 11.4. The largest absolute Gasteiger partial charge is 0.393 e. The summed E-state index contributed by atoms with van der Waals surface area (Å²) in [6.45, 7) is 4.20. The Morgan fingerprint density at radius 3 is 1.42 bits per heavy atom. The molecule has 0 heterocycles. The summed E-state index contributed by atoms with van der Waals surface area (Å²) in [6, 6.07) is 0. The molecular weight excluding hydrogens is 348 g/mol. The summed E-state index contributed by atoms with van der Waals surface area (Å²) in [5, 5.41) is 9.23. The molecule has 2 N–H and O–H groups in total. The molecule has 0 rings (SSSR count). The molecule has 0 aliphatic heterocycles. The van der Waals surface area contributed by atoms with Crippen molar-refractivity contribution < 1.29 is 18.1 Å². The highest BCUT2D eigenvalue weighted by Crippen LogP contribution is 2.18. The van der Waals surface area contributed by atoms with Gasteiger partial charge in [0.25, 0.3) is 10.1 Å². The molecule has 0 fully saturated rings. The SMILES string of the molecule is CCCCC(O)CCCCCCCCCCCC(CCCC)S(=O)(=O)O. The molecule has 0 bridgehead atoms. The molecule has 0 aliphatic carbocycles. The lowest BCUT2D eigenvalue weighted by Gasteiger charge is -2.13. The molecule has 26 heavy (non-hydrogen) atoms. The van der Waals surface area contributed by atoms with Crippen LogP contribution in [0.25, 0.3) is 0 Å². The van der Waals surface area contributed by atoms with Crippen LogP contribution in [0.3, 0.4) is 0 Å². The molecule has 0 aromatic carbocycles. The third-order valence-electron chi connectivity index (χ3n) is 5.26. The zero-order valence-electron chi connectivity index (χ0n) is 17.3. The average molecular weight is 393 g/mol. The van der Waals surface area contributed by atoms with Crippen LogP contribution < -0.4 is 0 Å². The number of unbranched alkanes of at least 4 members (excludes halogenated alkanes) is 10. The quantitative estimate of drug-likeness (QED) is 0.200. The fourth-order valence-corrected chi connectivity index (χ4v) is 4.38. The summed E-state index contributed by atoms with van der Waals surface area (Å²) in [6.07, 6.45) is 17.5. The van der Waals surface area contributed by atoms with Crippen molar-refractivity contribution in [2.75, 3.05) is 0 Å². The van der Waals surface area contributed by atoms with Crippen molar-refractivity contribution in [3.8, 4) is 0 Å². The lowest BCUT2D eigenvalue weighted by atomic mass is 10.0. The Labute approximate surface area is 162 Å². The topological polar surface area (TPSA) is 74.6 Å². The van der Waals surface area contributed by atoms with Gasteiger partial charge in [-0.2, -0.15) is 8.42 Å². The van der Waals surface area contributed by atoms with Gasteiger partial charge >= 0.3 is 0 Å². The summed E-state index contributed by atoms with van der Waals surface area (Å²) >= 11 is 0. The van der Waals surface area contributed by atoms with E-state index in [0.29, 0.717) is 12.8 Å². The van der Waals surface area contributed by atoms with E-state index >= 15 is 0 Å². The van der Waals surface area contributed by atoms with Crippen molar-refractivity contribution in [2.24, 2.45) is 0 Å². The Bertz CT molecular complexity index is 395. The molecule has 0 saturated heterocycles. The van der Waals surface area contributed by atoms with Crippen LogP contribution in [0.1, 0.15) is 123 Å². The highest BCUT2D eigenvalue weighted by molar-refractivity contribution is 7.86. The van der Waals surface area contributed by atoms with E-state index in [0.717, 1.165) is 64.2 Å². The van der Waals surface area contributed by atoms with E-state index in [2.05, 4.69) is 6.92 Å². The van der Waals surface area contributed by atoms with E-state index in [1.54, 1.807) is 0 Å². The third kappa shape index (κ3) is 16.1. The van der Waals surface area contributed by atoms with E-state index in [-0.39, 0.29) is 6.10 Å². The molecule has 4 nitrogen and oxygen atoms in total. The summed E-state index contributed by atoms with van der Waals surface area (Å²) < 4.78 is 32.0. The van der Waals surface area contributed by atoms with Crippen LogP contribution in [0.2, 0.25) is 0 Å². The Balaban J connectivity index is 3.47. The van der Waals surface area contributed by atoms with E-state index in [1.165, 1.54) is 32.1 Å². The first kappa shape index (κ1) is 25.9.